The molecule has 0 amide bonds. The number of fused-ring (bicyclic) bond motifs is 3. The number of benzene rings is 1. The Balaban J connectivity index is 1.94. The molecule has 1 aromatic carbocycles. The minimum absolute atomic E-state index is 0.619. The Morgan fingerprint density at radius 3 is 3.14 bits per heavy atom. The van der Waals surface area contributed by atoms with Crippen molar-refractivity contribution in [3.05, 3.63) is 36.9 Å². The number of piperidine rings is 1. The van der Waals surface area contributed by atoms with Crippen LogP contribution in [0, 0.1) is 7.05 Å². The van der Waals surface area contributed by atoms with E-state index in [0.29, 0.717) is 6.04 Å². The third-order valence-electron chi connectivity index (χ3n) is 3.50. The van der Waals surface area contributed by atoms with Gasteiger partial charge < -0.3 is 10.2 Å². The molecular formula is C12H16N2. The normalized spacial score (nSPS) is 34.5. The van der Waals surface area contributed by atoms with E-state index in [-0.39, 0.29) is 0 Å². The summed E-state index contributed by atoms with van der Waals surface area (Å²) in [4.78, 5) is 1.41. The number of hydrogen-bond donors (Lipinski definition) is 2. The SMILES string of the molecule is [CH2-][NH+]1CCC2c3ccccc3NC2C1. The van der Waals surface area contributed by atoms with Gasteiger partial charge in [0.15, 0.2) is 0 Å². The number of nitrogens with one attached hydrogen (secondary N) is 2. The number of hydrogen-bond acceptors (Lipinski definition) is 1. The maximum Gasteiger partial charge on any atom is 0.0802 e. The van der Waals surface area contributed by atoms with Crippen LogP contribution in [0.4, 0.5) is 5.69 Å². The van der Waals surface area contributed by atoms with Crippen molar-refractivity contribution in [2.75, 3.05) is 18.4 Å². The van der Waals surface area contributed by atoms with Crippen molar-refractivity contribution in [2.24, 2.45) is 0 Å². The molecule has 0 aromatic heterocycles. The maximum atomic E-state index is 4.10. The third-order valence-corrected chi connectivity index (χ3v) is 3.50. The summed E-state index contributed by atoms with van der Waals surface area (Å²) in [6, 6.07) is 9.33. The summed E-state index contributed by atoms with van der Waals surface area (Å²) >= 11 is 0. The Bertz CT molecular complexity index is 348. The van der Waals surface area contributed by atoms with Gasteiger partial charge in [-0.1, -0.05) is 18.2 Å². The van der Waals surface area contributed by atoms with Gasteiger partial charge in [0.2, 0.25) is 0 Å². The van der Waals surface area contributed by atoms with E-state index in [1.54, 1.807) is 0 Å². The van der Waals surface area contributed by atoms with Crippen LogP contribution in [-0.2, 0) is 0 Å². The second-order valence-corrected chi connectivity index (χ2v) is 4.44. The van der Waals surface area contributed by atoms with Crippen molar-refractivity contribution in [1.29, 1.82) is 0 Å². The molecule has 2 aliphatic heterocycles. The summed E-state index contributed by atoms with van der Waals surface area (Å²) in [7, 11) is 4.10. The lowest BCUT2D eigenvalue weighted by Crippen LogP contribution is -3.09. The fraction of sp³-hybridized carbons (Fsp3) is 0.417. The van der Waals surface area contributed by atoms with Crippen molar-refractivity contribution in [3.8, 4) is 0 Å². The molecule has 1 saturated heterocycles. The Morgan fingerprint density at radius 2 is 2.21 bits per heavy atom. The van der Waals surface area contributed by atoms with Gasteiger partial charge in [-0.25, -0.2) is 0 Å². The molecule has 2 heteroatoms. The molecule has 1 fully saturated rings. The molecule has 3 rings (SSSR count). The average molecular weight is 188 g/mol. The van der Waals surface area contributed by atoms with Crippen LogP contribution in [0.1, 0.15) is 17.9 Å². The van der Waals surface area contributed by atoms with Crippen molar-refractivity contribution in [3.63, 3.8) is 0 Å². The molecule has 74 valence electrons. The molecule has 0 bridgehead atoms. The largest absolute Gasteiger partial charge is 0.466 e. The smallest absolute Gasteiger partial charge is 0.0802 e. The van der Waals surface area contributed by atoms with E-state index in [4.69, 9.17) is 0 Å². The minimum Gasteiger partial charge on any atom is -0.466 e. The lowest BCUT2D eigenvalue weighted by atomic mass is 9.89. The van der Waals surface area contributed by atoms with Crippen molar-refractivity contribution in [1.82, 2.24) is 0 Å². The predicted octanol–water partition coefficient (Wildman–Crippen LogP) is 0.644. The second kappa shape index (κ2) is 2.99. The first-order chi connectivity index (χ1) is 6.84. The molecule has 0 aliphatic carbocycles. The van der Waals surface area contributed by atoms with Crippen molar-refractivity contribution < 1.29 is 4.90 Å². The molecule has 2 nitrogen and oxygen atoms in total. The molecular weight excluding hydrogens is 172 g/mol. The van der Waals surface area contributed by atoms with Crippen LogP contribution in [0.5, 0.6) is 0 Å². The van der Waals surface area contributed by atoms with Gasteiger partial charge in [-0.2, -0.15) is 7.05 Å². The number of likely N-dealkylation sites (tertiary alicyclic amines) is 1. The van der Waals surface area contributed by atoms with Gasteiger partial charge in [0.25, 0.3) is 0 Å². The molecule has 2 N–H and O–H groups in total. The van der Waals surface area contributed by atoms with E-state index >= 15 is 0 Å². The number of para-hydroxylation sites is 1. The van der Waals surface area contributed by atoms with E-state index in [0.717, 1.165) is 12.5 Å². The number of quaternary nitrogens is 1. The summed E-state index contributed by atoms with van der Waals surface area (Å²) in [5.74, 6) is 0.733. The summed E-state index contributed by atoms with van der Waals surface area (Å²) in [5, 5.41) is 3.61. The van der Waals surface area contributed by atoms with Crippen LogP contribution >= 0.6 is 0 Å². The Hall–Kier alpha value is -1.02. The van der Waals surface area contributed by atoms with Gasteiger partial charge in [-0.05, 0) is 11.6 Å². The van der Waals surface area contributed by atoms with Crippen LogP contribution in [0.2, 0.25) is 0 Å². The van der Waals surface area contributed by atoms with Crippen molar-refractivity contribution in [2.45, 2.75) is 18.4 Å². The van der Waals surface area contributed by atoms with Crippen LogP contribution in [0.15, 0.2) is 24.3 Å². The Labute approximate surface area is 84.9 Å². The predicted molar refractivity (Wildman–Crippen MR) is 57.3 cm³/mol. The fourth-order valence-corrected chi connectivity index (χ4v) is 2.79. The highest BCUT2D eigenvalue weighted by molar-refractivity contribution is 5.59. The summed E-state index contributed by atoms with van der Waals surface area (Å²) < 4.78 is 0. The molecule has 14 heavy (non-hydrogen) atoms. The topological polar surface area (TPSA) is 16.5 Å². The van der Waals surface area contributed by atoms with Gasteiger partial charge >= 0.3 is 0 Å². The summed E-state index contributed by atoms with van der Waals surface area (Å²) in [6.45, 7) is 2.36. The van der Waals surface area contributed by atoms with Crippen LogP contribution < -0.4 is 10.2 Å². The van der Waals surface area contributed by atoms with Gasteiger partial charge in [0.1, 0.15) is 0 Å². The first-order valence-corrected chi connectivity index (χ1v) is 5.37. The summed E-state index contributed by atoms with van der Waals surface area (Å²) in [5.41, 5.74) is 2.86. The second-order valence-electron chi connectivity index (χ2n) is 4.44. The average Bonchev–Trinajstić information content (AvgIpc) is 2.54. The molecule has 3 unspecified atom stereocenters. The quantitative estimate of drug-likeness (QED) is 0.571. The maximum absolute atomic E-state index is 4.10. The summed E-state index contributed by atoms with van der Waals surface area (Å²) in [6.07, 6.45) is 1.27. The van der Waals surface area contributed by atoms with E-state index in [9.17, 15) is 0 Å². The monoisotopic (exact) mass is 188 g/mol. The molecule has 0 saturated carbocycles. The van der Waals surface area contributed by atoms with E-state index in [1.165, 1.54) is 29.1 Å². The highest BCUT2D eigenvalue weighted by Gasteiger charge is 2.36. The van der Waals surface area contributed by atoms with Gasteiger partial charge in [0.05, 0.1) is 19.1 Å². The standard InChI is InChI=1S/C12H16N2/c1-14-7-6-10-9-4-2-3-5-11(9)13-12(10)8-14/h2-5,10,12-14H,1,6-8H2. The molecule has 3 atom stereocenters. The zero-order chi connectivity index (χ0) is 9.54. The lowest BCUT2D eigenvalue weighted by Gasteiger charge is -2.34. The molecule has 2 heterocycles. The first-order valence-electron chi connectivity index (χ1n) is 5.37. The van der Waals surface area contributed by atoms with Gasteiger partial charge in [-0.15, -0.1) is 0 Å². The van der Waals surface area contributed by atoms with Gasteiger partial charge in [-0.3, -0.25) is 0 Å². The Morgan fingerprint density at radius 1 is 1.36 bits per heavy atom. The molecule has 1 aromatic rings. The van der Waals surface area contributed by atoms with Crippen molar-refractivity contribution >= 4 is 5.69 Å². The van der Waals surface area contributed by atoms with Crippen LogP contribution in [0.25, 0.3) is 0 Å². The van der Waals surface area contributed by atoms with Crippen LogP contribution in [0.3, 0.4) is 0 Å². The zero-order valence-electron chi connectivity index (χ0n) is 8.29. The molecule has 0 radical (unpaired) electrons. The minimum atomic E-state index is 0.619. The Kier molecular flexibility index (Phi) is 1.77. The zero-order valence-corrected chi connectivity index (χ0v) is 8.29. The van der Waals surface area contributed by atoms with E-state index < -0.39 is 0 Å². The number of anilines is 1. The van der Waals surface area contributed by atoms with Gasteiger partial charge in [0, 0.05) is 18.0 Å². The fourth-order valence-electron chi connectivity index (χ4n) is 2.79. The van der Waals surface area contributed by atoms with E-state index in [1.807, 2.05) is 0 Å². The first kappa shape index (κ1) is 8.30. The lowest BCUT2D eigenvalue weighted by molar-refractivity contribution is -0.859. The molecule has 2 aliphatic rings. The highest BCUT2D eigenvalue weighted by Crippen LogP contribution is 2.37. The highest BCUT2D eigenvalue weighted by atomic mass is 15.2. The third kappa shape index (κ3) is 1.14. The van der Waals surface area contributed by atoms with Crippen LogP contribution in [-0.4, -0.2) is 19.1 Å². The molecule has 0 spiro atoms. The number of rotatable bonds is 0. The van der Waals surface area contributed by atoms with E-state index in [2.05, 4.69) is 36.6 Å².